The molecule has 0 saturated heterocycles. The van der Waals surface area contributed by atoms with Gasteiger partial charge in [-0.05, 0) is 70.8 Å². The third kappa shape index (κ3) is 5.10. The summed E-state index contributed by atoms with van der Waals surface area (Å²) in [5.74, 6) is 2.43. The van der Waals surface area contributed by atoms with E-state index in [0.717, 1.165) is 33.4 Å². The molecule has 2 aromatic carbocycles. The molecule has 0 bridgehead atoms. The number of hydrogen-bond donors (Lipinski definition) is 0. The molecular weight excluding hydrogens is 472 g/mol. The van der Waals surface area contributed by atoms with E-state index < -0.39 is 0 Å². The highest BCUT2D eigenvalue weighted by atomic mass is 16.5. The normalized spacial score (nSPS) is 10.6. The van der Waals surface area contributed by atoms with Crippen LogP contribution in [0.25, 0.3) is 33.4 Å². The summed E-state index contributed by atoms with van der Waals surface area (Å²) < 4.78 is 12.5. The summed E-state index contributed by atoms with van der Waals surface area (Å²) in [6, 6.07) is 31.4. The molecule has 0 spiro atoms. The van der Waals surface area contributed by atoms with Gasteiger partial charge in [-0.3, -0.25) is 9.97 Å². The van der Waals surface area contributed by atoms with E-state index in [4.69, 9.17) is 9.47 Å². The van der Waals surface area contributed by atoms with Gasteiger partial charge in [-0.1, -0.05) is 36.4 Å². The molecule has 6 nitrogen and oxygen atoms in total. The Balaban J connectivity index is 1.44. The van der Waals surface area contributed by atoms with Crippen molar-refractivity contribution in [2.45, 2.75) is 0 Å². The maximum atomic E-state index is 6.27. The lowest BCUT2D eigenvalue weighted by atomic mass is 9.97. The molecular formula is C32H22N4O2. The number of rotatable bonds is 7. The second kappa shape index (κ2) is 10.7. The topological polar surface area (TPSA) is 70.0 Å². The van der Waals surface area contributed by atoms with Crippen LogP contribution in [0.1, 0.15) is 0 Å². The fourth-order valence-electron chi connectivity index (χ4n) is 4.15. The average Bonchev–Trinajstić information content (AvgIpc) is 2.99. The molecule has 182 valence electrons. The van der Waals surface area contributed by atoms with Crippen LogP contribution in [0.4, 0.5) is 0 Å². The van der Waals surface area contributed by atoms with Crippen LogP contribution in [0, 0.1) is 0 Å². The summed E-state index contributed by atoms with van der Waals surface area (Å²) in [7, 11) is 0. The van der Waals surface area contributed by atoms with E-state index in [0.29, 0.717) is 23.3 Å². The van der Waals surface area contributed by atoms with Crippen molar-refractivity contribution >= 4 is 0 Å². The van der Waals surface area contributed by atoms with Crippen molar-refractivity contribution in [2.24, 2.45) is 0 Å². The third-order valence-corrected chi connectivity index (χ3v) is 5.98. The van der Waals surface area contributed by atoms with E-state index in [2.05, 4.69) is 44.2 Å². The van der Waals surface area contributed by atoms with Crippen LogP contribution < -0.4 is 9.47 Å². The van der Waals surface area contributed by atoms with E-state index in [1.165, 1.54) is 0 Å². The lowest BCUT2D eigenvalue weighted by molar-refractivity contribution is 0.464. The largest absolute Gasteiger partial charge is 0.438 e. The Morgan fingerprint density at radius 3 is 1.24 bits per heavy atom. The average molecular weight is 495 g/mol. The molecule has 4 aromatic heterocycles. The lowest BCUT2D eigenvalue weighted by Gasteiger charge is -2.15. The molecule has 6 aromatic rings. The number of nitrogens with zero attached hydrogens (tertiary/aromatic N) is 4. The Bertz CT molecular complexity index is 1520. The van der Waals surface area contributed by atoms with E-state index in [9.17, 15) is 0 Å². The first-order valence-electron chi connectivity index (χ1n) is 12.1. The van der Waals surface area contributed by atoms with Gasteiger partial charge in [0.15, 0.2) is 0 Å². The lowest BCUT2D eigenvalue weighted by Crippen LogP contribution is -1.93. The van der Waals surface area contributed by atoms with Crippen LogP contribution >= 0.6 is 0 Å². The highest BCUT2D eigenvalue weighted by molar-refractivity contribution is 5.80. The van der Waals surface area contributed by atoms with Crippen LogP contribution in [0.2, 0.25) is 0 Å². The molecule has 38 heavy (non-hydrogen) atoms. The molecule has 0 N–H and O–H groups in total. The van der Waals surface area contributed by atoms with Crippen molar-refractivity contribution < 1.29 is 9.47 Å². The Morgan fingerprint density at radius 1 is 0.395 bits per heavy atom. The third-order valence-electron chi connectivity index (χ3n) is 5.98. The fraction of sp³-hybridized carbons (Fsp3) is 0. The maximum absolute atomic E-state index is 6.27. The van der Waals surface area contributed by atoms with Gasteiger partial charge in [-0.2, -0.15) is 0 Å². The SMILES string of the molecule is c1ccc(Oc2cc(-c3ccc(-c4ccncc4)c(Oc4ccccn4)c3)ccc2-c2ccncc2)nc1. The van der Waals surface area contributed by atoms with Gasteiger partial charge in [0.2, 0.25) is 11.8 Å². The Kier molecular flexibility index (Phi) is 6.51. The number of hydrogen-bond acceptors (Lipinski definition) is 6. The summed E-state index contributed by atoms with van der Waals surface area (Å²) in [5, 5.41) is 0. The van der Waals surface area contributed by atoms with Gasteiger partial charge in [0.25, 0.3) is 0 Å². The molecule has 0 atom stereocenters. The molecule has 0 fully saturated rings. The van der Waals surface area contributed by atoms with Crippen LogP contribution in [0.15, 0.2) is 134 Å². The van der Waals surface area contributed by atoms with Crippen molar-refractivity contribution in [3.05, 3.63) is 134 Å². The van der Waals surface area contributed by atoms with Gasteiger partial charge in [0.1, 0.15) is 11.5 Å². The van der Waals surface area contributed by atoms with Crippen molar-refractivity contribution in [2.75, 3.05) is 0 Å². The zero-order valence-corrected chi connectivity index (χ0v) is 20.3. The van der Waals surface area contributed by atoms with Gasteiger partial charge >= 0.3 is 0 Å². The summed E-state index contributed by atoms with van der Waals surface area (Å²) in [5.41, 5.74) is 5.84. The first-order chi connectivity index (χ1) is 18.8. The molecule has 0 saturated carbocycles. The van der Waals surface area contributed by atoms with E-state index in [-0.39, 0.29) is 0 Å². The minimum atomic E-state index is 0.521. The zero-order valence-electron chi connectivity index (χ0n) is 20.3. The summed E-state index contributed by atoms with van der Waals surface area (Å²) in [4.78, 5) is 17.0. The van der Waals surface area contributed by atoms with E-state index in [1.54, 1.807) is 37.2 Å². The fourth-order valence-corrected chi connectivity index (χ4v) is 4.15. The van der Waals surface area contributed by atoms with Gasteiger partial charge in [0, 0.05) is 60.4 Å². The van der Waals surface area contributed by atoms with E-state index in [1.807, 2.05) is 72.8 Å². The molecule has 0 aliphatic heterocycles. The van der Waals surface area contributed by atoms with Crippen LogP contribution in [0.3, 0.4) is 0 Å². The predicted octanol–water partition coefficient (Wildman–Crippen LogP) is 7.85. The number of aromatic nitrogens is 4. The monoisotopic (exact) mass is 494 g/mol. The predicted molar refractivity (Wildman–Crippen MR) is 147 cm³/mol. The molecule has 0 unspecified atom stereocenters. The molecule has 0 aliphatic rings. The second-order valence-corrected chi connectivity index (χ2v) is 8.43. The van der Waals surface area contributed by atoms with Crippen molar-refractivity contribution in [3.8, 4) is 56.6 Å². The zero-order chi connectivity index (χ0) is 25.6. The second-order valence-electron chi connectivity index (χ2n) is 8.43. The maximum Gasteiger partial charge on any atom is 0.219 e. The summed E-state index contributed by atoms with van der Waals surface area (Å²) >= 11 is 0. The molecule has 0 amide bonds. The van der Waals surface area contributed by atoms with Gasteiger partial charge in [-0.25, -0.2) is 9.97 Å². The standard InChI is InChI=1S/C32H22N4O2/c1-3-15-35-31(5-1)37-29-21-25(7-9-27(29)23-11-17-33-18-12-23)26-8-10-28(24-13-19-34-20-14-24)30(22-26)38-32-6-2-4-16-36-32/h1-22H. The summed E-state index contributed by atoms with van der Waals surface area (Å²) in [6.45, 7) is 0. The van der Waals surface area contributed by atoms with Crippen molar-refractivity contribution in [1.82, 2.24) is 19.9 Å². The van der Waals surface area contributed by atoms with Gasteiger partial charge < -0.3 is 9.47 Å². The first-order valence-corrected chi connectivity index (χ1v) is 12.1. The highest BCUT2D eigenvalue weighted by Crippen LogP contribution is 2.40. The minimum Gasteiger partial charge on any atom is -0.438 e. The molecule has 4 heterocycles. The van der Waals surface area contributed by atoms with Crippen LogP contribution in [0.5, 0.6) is 23.3 Å². The van der Waals surface area contributed by atoms with E-state index >= 15 is 0 Å². The Morgan fingerprint density at radius 2 is 0.842 bits per heavy atom. The number of benzene rings is 2. The number of ether oxygens (including phenoxy) is 2. The molecule has 6 rings (SSSR count). The minimum absolute atomic E-state index is 0.521. The van der Waals surface area contributed by atoms with Crippen molar-refractivity contribution in [3.63, 3.8) is 0 Å². The van der Waals surface area contributed by atoms with Crippen LogP contribution in [-0.4, -0.2) is 19.9 Å². The van der Waals surface area contributed by atoms with Crippen molar-refractivity contribution in [1.29, 1.82) is 0 Å². The molecule has 0 radical (unpaired) electrons. The Labute approximate surface area is 220 Å². The molecule has 6 heteroatoms. The van der Waals surface area contributed by atoms with Gasteiger partial charge in [0.05, 0.1) is 0 Å². The summed E-state index contributed by atoms with van der Waals surface area (Å²) in [6.07, 6.45) is 10.5. The molecule has 0 aliphatic carbocycles. The first kappa shape index (κ1) is 23.1. The number of pyridine rings is 4. The van der Waals surface area contributed by atoms with Crippen LogP contribution in [-0.2, 0) is 0 Å². The highest BCUT2D eigenvalue weighted by Gasteiger charge is 2.14. The smallest absolute Gasteiger partial charge is 0.219 e. The van der Waals surface area contributed by atoms with Gasteiger partial charge in [-0.15, -0.1) is 0 Å². The quantitative estimate of drug-likeness (QED) is 0.225. The Hall–Kier alpha value is -5.36.